The SMILES string of the molecule is CC(C)c1nc(CN(C)C(=O)NC2(C(=O)N[C@H](CC[C@H](Cc3ccccc3)NC(=O)OCc3cncs3)Cc3ccccc3)CC2CN2CCOCC2)cs1. The topological polar surface area (TPSA) is 138 Å². The lowest BCUT2D eigenvalue weighted by atomic mass is 9.95. The zero-order valence-corrected chi connectivity index (χ0v) is 33.6. The van der Waals surface area contributed by atoms with Gasteiger partial charge < -0.3 is 30.3 Å². The van der Waals surface area contributed by atoms with Gasteiger partial charge in [-0.05, 0) is 43.2 Å². The molecule has 14 heteroatoms. The lowest BCUT2D eigenvalue weighted by molar-refractivity contribution is -0.125. The molecule has 12 nitrogen and oxygen atoms in total. The smallest absolute Gasteiger partial charge is 0.407 e. The number of hydrogen-bond acceptors (Lipinski definition) is 10. The summed E-state index contributed by atoms with van der Waals surface area (Å²) in [5.41, 5.74) is 3.67. The molecule has 2 unspecified atom stereocenters. The first-order chi connectivity index (χ1) is 26.7. The van der Waals surface area contributed by atoms with E-state index in [2.05, 4.69) is 51.8 Å². The van der Waals surface area contributed by atoms with Crippen LogP contribution in [-0.4, -0.2) is 95.3 Å². The van der Waals surface area contributed by atoms with Gasteiger partial charge in [-0.2, -0.15) is 0 Å². The molecule has 0 bridgehead atoms. The second-order valence-corrected chi connectivity index (χ2v) is 16.8. The predicted octanol–water partition coefficient (Wildman–Crippen LogP) is 6.00. The minimum absolute atomic E-state index is 0.0482. The number of alkyl carbamates (subject to hydrolysis) is 1. The second-order valence-electron chi connectivity index (χ2n) is 14.9. The fourth-order valence-corrected chi connectivity index (χ4v) is 8.35. The Bertz CT molecular complexity index is 1800. The molecule has 2 fully saturated rings. The lowest BCUT2D eigenvalue weighted by Gasteiger charge is -2.30. The summed E-state index contributed by atoms with van der Waals surface area (Å²) in [7, 11) is 1.75. The average molecular weight is 788 g/mol. The first-order valence-corrected chi connectivity index (χ1v) is 20.9. The number of rotatable bonds is 18. The number of amides is 4. The minimum atomic E-state index is -1.05. The van der Waals surface area contributed by atoms with Gasteiger partial charge in [0.05, 0.1) is 40.8 Å². The number of thiazole rings is 2. The quantitative estimate of drug-likeness (QED) is 0.112. The third-order valence-corrected chi connectivity index (χ3v) is 12.2. The maximum atomic E-state index is 14.6. The Morgan fingerprint density at radius 1 is 0.964 bits per heavy atom. The molecule has 4 amide bonds. The molecule has 0 spiro atoms. The van der Waals surface area contributed by atoms with Crippen molar-refractivity contribution in [3.8, 4) is 0 Å². The number of carbonyl (C=O) groups is 3. The van der Waals surface area contributed by atoms with Crippen LogP contribution >= 0.6 is 22.7 Å². The molecule has 2 aromatic carbocycles. The van der Waals surface area contributed by atoms with Crippen LogP contribution in [0.15, 0.2) is 77.8 Å². The van der Waals surface area contributed by atoms with Crippen molar-refractivity contribution in [3.05, 3.63) is 104 Å². The van der Waals surface area contributed by atoms with Gasteiger partial charge in [0.25, 0.3) is 0 Å². The molecule has 1 saturated carbocycles. The first kappa shape index (κ1) is 40.3. The molecule has 4 aromatic rings. The molecule has 55 heavy (non-hydrogen) atoms. The molecule has 3 N–H and O–H groups in total. The van der Waals surface area contributed by atoms with E-state index in [0.29, 0.717) is 64.3 Å². The zero-order valence-electron chi connectivity index (χ0n) is 31.9. The summed E-state index contributed by atoms with van der Waals surface area (Å²) in [6, 6.07) is 19.3. The zero-order chi connectivity index (χ0) is 38.6. The molecule has 0 radical (unpaired) electrons. The van der Waals surface area contributed by atoms with E-state index >= 15 is 0 Å². The van der Waals surface area contributed by atoms with Crippen molar-refractivity contribution in [2.75, 3.05) is 39.9 Å². The van der Waals surface area contributed by atoms with Crippen LogP contribution in [0.4, 0.5) is 9.59 Å². The van der Waals surface area contributed by atoms with E-state index in [-0.39, 0.29) is 36.5 Å². The number of nitrogens with one attached hydrogen (secondary N) is 3. The molecule has 6 rings (SSSR count). The predicted molar refractivity (Wildman–Crippen MR) is 215 cm³/mol. The van der Waals surface area contributed by atoms with E-state index in [1.165, 1.54) is 11.3 Å². The number of nitrogens with zero attached hydrogens (tertiary/aromatic N) is 4. The number of urea groups is 1. The summed E-state index contributed by atoms with van der Waals surface area (Å²) in [6.45, 7) is 8.30. The molecule has 294 valence electrons. The molecule has 2 aliphatic rings. The Morgan fingerprint density at radius 2 is 1.62 bits per heavy atom. The number of carbonyl (C=O) groups excluding carboxylic acids is 3. The van der Waals surface area contributed by atoms with Crippen molar-refractivity contribution < 1.29 is 23.9 Å². The Kier molecular flexibility index (Phi) is 14.3. The van der Waals surface area contributed by atoms with Crippen molar-refractivity contribution in [2.24, 2.45) is 5.92 Å². The van der Waals surface area contributed by atoms with Gasteiger partial charge in [0, 0.05) is 62.2 Å². The molecule has 1 aliphatic carbocycles. The molecule has 1 aliphatic heterocycles. The normalized spacial score (nSPS) is 19.3. The van der Waals surface area contributed by atoms with Gasteiger partial charge in [-0.1, -0.05) is 74.5 Å². The maximum absolute atomic E-state index is 14.6. The van der Waals surface area contributed by atoms with E-state index in [1.807, 2.05) is 53.9 Å². The van der Waals surface area contributed by atoms with Crippen LogP contribution < -0.4 is 16.0 Å². The monoisotopic (exact) mass is 787 g/mol. The van der Waals surface area contributed by atoms with Crippen LogP contribution in [0, 0.1) is 5.92 Å². The van der Waals surface area contributed by atoms with Gasteiger partial charge in [-0.3, -0.25) is 14.7 Å². The molecular weight excluding hydrogens is 735 g/mol. The van der Waals surface area contributed by atoms with Crippen LogP contribution in [0.25, 0.3) is 0 Å². The van der Waals surface area contributed by atoms with Crippen LogP contribution in [0.3, 0.4) is 0 Å². The summed E-state index contributed by atoms with van der Waals surface area (Å²) >= 11 is 3.03. The third-order valence-electron chi connectivity index (χ3n) is 10.2. The number of ether oxygens (including phenoxy) is 2. The Balaban J connectivity index is 1.17. The Hall–Kier alpha value is -4.37. The first-order valence-electron chi connectivity index (χ1n) is 19.1. The van der Waals surface area contributed by atoms with E-state index < -0.39 is 11.6 Å². The maximum Gasteiger partial charge on any atom is 0.407 e. The van der Waals surface area contributed by atoms with E-state index in [9.17, 15) is 14.4 Å². The van der Waals surface area contributed by atoms with Crippen LogP contribution in [-0.2, 0) is 40.3 Å². The van der Waals surface area contributed by atoms with Crippen molar-refractivity contribution >= 4 is 40.7 Å². The standard InChI is InChI=1S/C41H53N7O5S2/c1-29(2)37-43-35(27-54-37)25-47(3)39(50)46-41(22-32(41)24-48-16-18-52-19-17-48)38(49)44-33(20-30-10-6-4-7-11-30)14-15-34(21-31-12-8-5-9-13-31)45-40(51)53-26-36-23-42-28-55-36/h4-13,23,27-29,32-34H,14-22,24-26H2,1-3H3,(H,44,49)(H,45,51)(H,46,50)/t32?,33-,34-,41?/m1/s1. The summed E-state index contributed by atoms with van der Waals surface area (Å²) in [5, 5.41) is 12.7. The van der Waals surface area contributed by atoms with Gasteiger partial charge in [0.15, 0.2) is 0 Å². The van der Waals surface area contributed by atoms with Crippen molar-refractivity contribution in [1.82, 2.24) is 35.7 Å². The molecule has 2 aromatic heterocycles. The number of benzene rings is 2. The summed E-state index contributed by atoms with van der Waals surface area (Å²) in [4.78, 5) is 55.0. The molecule has 3 heterocycles. The molecule has 4 atom stereocenters. The van der Waals surface area contributed by atoms with Gasteiger partial charge >= 0.3 is 12.1 Å². The number of morpholine rings is 1. The van der Waals surface area contributed by atoms with E-state index in [0.717, 1.165) is 39.8 Å². The summed E-state index contributed by atoms with van der Waals surface area (Å²) in [5.74, 6) is 0.0853. The Morgan fingerprint density at radius 3 is 2.22 bits per heavy atom. The lowest BCUT2D eigenvalue weighted by Crippen LogP contribution is -2.56. The van der Waals surface area contributed by atoms with Crippen LogP contribution in [0.1, 0.15) is 65.7 Å². The fourth-order valence-electron chi connectivity index (χ4n) is 7.02. The van der Waals surface area contributed by atoms with Gasteiger partial charge in [0.1, 0.15) is 12.1 Å². The highest BCUT2D eigenvalue weighted by Gasteiger charge is 2.61. The van der Waals surface area contributed by atoms with E-state index in [4.69, 9.17) is 14.5 Å². The highest BCUT2D eigenvalue weighted by atomic mass is 32.1. The van der Waals surface area contributed by atoms with Crippen LogP contribution in [0.2, 0.25) is 0 Å². The van der Waals surface area contributed by atoms with Gasteiger partial charge in [0.2, 0.25) is 5.91 Å². The van der Waals surface area contributed by atoms with Crippen molar-refractivity contribution in [2.45, 2.75) is 82.6 Å². The van der Waals surface area contributed by atoms with Crippen molar-refractivity contribution in [3.63, 3.8) is 0 Å². The van der Waals surface area contributed by atoms with Crippen LogP contribution in [0.5, 0.6) is 0 Å². The summed E-state index contributed by atoms with van der Waals surface area (Å²) in [6.07, 6.45) is 4.13. The number of hydrogen-bond donors (Lipinski definition) is 3. The highest BCUT2D eigenvalue weighted by Crippen LogP contribution is 2.45. The fraction of sp³-hybridized carbons (Fsp3) is 0.488. The van der Waals surface area contributed by atoms with Gasteiger partial charge in [-0.25, -0.2) is 14.6 Å². The largest absolute Gasteiger partial charge is 0.444 e. The number of aromatic nitrogens is 2. The average Bonchev–Trinajstić information content (AvgIpc) is 3.50. The second kappa shape index (κ2) is 19.5. The molecular formula is C41H53N7O5S2. The summed E-state index contributed by atoms with van der Waals surface area (Å²) < 4.78 is 11.1. The minimum Gasteiger partial charge on any atom is -0.444 e. The van der Waals surface area contributed by atoms with Gasteiger partial charge in [-0.15, -0.1) is 22.7 Å². The molecule has 1 saturated heterocycles. The van der Waals surface area contributed by atoms with Crippen molar-refractivity contribution in [1.29, 1.82) is 0 Å². The highest BCUT2D eigenvalue weighted by molar-refractivity contribution is 7.09. The third kappa shape index (κ3) is 11.8. The Labute approximate surface area is 332 Å². The van der Waals surface area contributed by atoms with E-state index in [1.54, 1.807) is 35.0 Å².